The van der Waals surface area contributed by atoms with E-state index >= 15 is 0 Å². The maximum Gasteiger partial charge on any atom is 0.258 e. The van der Waals surface area contributed by atoms with Gasteiger partial charge in [0.2, 0.25) is 5.91 Å². The molecular formula is C16H20N2O2. The van der Waals surface area contributed by atoms with E-state index in [-0.39, 0.29) is 17.9 Å². The molecule has 1 aromatic heterocycles. The van der Waals surface area contributed by atoms with Crippen LogP contribution in [0.1, 0.15) is 25.0 Å². The van der Waals surface area contributed by atoms with Gasteiger partial charge >= 0.3 is 0 Å². The minimum Gasteiger partial charge on any atom is -0.369 e. The number of pyridine rings is 1. The normalized spacial score (nSPS) is 11.2. The van der Waals surface area contributed by atoms with Gasteiger partial charge in [-0.05, 0) is 35.4 Å². The number of nitrogens with two attached hydrogens (primary N) is 1. The number of primary amides is 1. The number of hydrogen-bond acceptors (Lipinski definition) is 2. The molecule has 0 fully saturated rings. The van der Waals surface area contributed by atoms with Crippen molar-refractivity contribution in [2.75, 3.05) is 0 Å². The molecule has 0 saturated carbocycles. The van der Waals surface area contributed by atoms with Gasteiger partial charge in [-0.25, -0.2) is 0 Å². The van der Waals surface area contributed by atoms with Crippen LogP contribution in [0.2, 0.25) is 0 Å². The number of carbonyl (C=O) groups excluding carboxylic acids is 1. The molecule has 20 heavy (non-hydrogen) atoms. The van der Waals surface area contributed by atoms with E-state index in [1.165, 1.54) is 0 Å². The SMILES string of the molecule is Cc1cccc2c(=O)n(CC(C)C)cc(CC(N)=O)c12. The third-order valence-corrected chi connectivity index (χ3v) is 3.32. The van der Waals surface area contributed by atoms with E-state index in [1.807, 2.05) is 25.1 Å². The monoisotopic (exact) mass is 272 g/mol. The Labute approximate surface area is 118 Å². The van der Waals surface area contributed by atoms with E-state index in [1.54, 1.807) is 10.8 Å². The highest BCUT2D eigenvalue weighted by Crippen LogP contribution is 2.20. The Morgan fingerprint density at radius 2 is 2.05 bits per heavy atom. The Morgan fingerprint density at radius 3 is 2.65 bits per heavy atom. The Hall–Kier alpha value is -2.10. The molecule has 2 aromatic rings. The summed E-state index contributed by atoms with van der Waals surface area (Å²) in [6.45, 7) is 6.69. The molecule has 4 nitrogen and oxygen atoms in total. The first-order valence-electron chi connectivity index (χ1n) is 6.80. The van der Waals surface area contributed by atoms with Crippen molar-refractivity contribution >= 4 is 16.7 Å². The van der Waals surface area contributed by atoms with Crippen molar-refractivity contribution in [1.82, 2.24) is 4.57 Å². The standard InChI is InChI=1S/C16H20N2O2/c1-10(2)8-18-9-12(7-14(17)19)15-11(3)5-4-6-13(15)16(18)20/h4-6,9-10H,7-8H2,1-3H3,(H2,17,19). The second kappa shape index (κ2) is 5.49. The van der Waals surface area contributed by atoms with Crippen molar-refractivity contribution in [3.8, 4) is 0 Å². The van der Waals surface area contributed by atoms with E-state index in [4.69, 9.17) is 5.73 Å². The van der Waals surface area contributed by atoms with Crippen molar-refractivity contribution in [2.24, 2.45) is 11.7 Å². The van der Waals surface area contributed by atoms with Crippen LogP contribution in [-0.2, 0) is 17.8 Å². The summed E-state index contributed by atoms with van der Waals surface area (Å²) < 4.78 is 1.69. The number of aromatic nitrogens is 1. The molecule has 2 N–H and O–H groups in total. The summed E-state index contributed by atoms with van der Waals surface area (Å²) in [5.41, 5.74) is 7.14. The molecule has 4 heteroatoms. The summed E-state index contributed by atoms with van der Waals surface area (Å²) in [6.07, 6.45) is 1.93. The second-order valence-electron chi connectivity index (χ2n) is 5.65. The van der Waals surface area contributed by atoms with Gasteiger partial charge in [0.1, 0.15) is 0 Å². The van der Waals surface area contributed by atoms with Crippen LogP contribution in [0.5, 0.6) is 0 Å². The number of hydrogen-bond donors (Lipinski definition) is 1. The van der Waals surface area contributed by atoms with Crippen LogP contribution < -0.4 is 11.3 Å². The van der Waals surface area contributed by atoms with Gasteiger partial charge in [0, 0.05) is 18.1 Å². The highest BCUT2D eigenvalue weighted by atomic mass is 16.1. The number of aryl methyl sites for hydroxylation is 1. The lowest BCUT2D eigenvalue weighted by Gasteiger charge is -2.14. The van der Waals surface area contributed by atoms with E-state index in [0.29, 0.717) is 17.8 Å². The molecule has 0 spiro atoms. The van der Waals surface area contributed by atoms with Crippen molar-refractivity contribution < 1.29 is 4.79 Å². The molecule has 1 heterocycles. The van der Waals surface area contributed by atoms with E-state index in [0.717, 1.165) is 16.5 Å². The molecule has 0 aliphatic carbocycles. The number of fused-ring (bicyclic) bond motifs is 1. The molecule has 2 rings (SSSR count). The Bertz CT molecular complexity index is 714. The molecule has 1 amide bonds. The first kappa shape index (κ1) is 14.3. The second-order valence-corrected chi connectivity index (χ2v) is 5.65. The summed E-state index contributed by atoms with van der Waals surface area (Å²) in [5.74, 6) is -0.0271. The first-order valence-corrected chi connectivity index (χ1v) is 6.80. The molecule has 0 saturated heterocycles. The van der Waals surface area contributed by atoms with E-state index < -0.39 is 0 Å². The molecule has 0 atom stereocenters. The lowest BCUT2D eigenvalue weighted by molar-refractivity contribution is -0.117. The molecule has 106 valence electrons. The van der Waals surface area contributed by atoms with Crippen molar-refractivity contribution in [3.05, 3.63) is 45.9 Å². The van der Waals surface area contributed by atoms with E-state index in [2.05, 4.69) is 13.8 Å². The van der Waals surface area contributed by atoms with Crippen LogP contribution in [-0.4, -0.2) is 10.5 Å². The summed E-state index contributed by atoms with van der Waals surface area (Å²) in [5, 5.41) is 1.51. The zero-order valence-electron chi connectivity index (χ0n) is 12.1. The summed E-state index contributed by atoms with van der Waals surface area (Å²) >= 11 is 0. The fourth-order valence-corrected chi connectivity index (χ4v) is 2.59. The minimum atomic E-state index is -0.385. The van der Waals surface area contributed by atoms with Crippen molar-refractivity contribution in [1.29, 1.82) is 0 Å². The van der Waals surface area contributed by atoms with Gasteiger partial charge in [-0.3, -0.25) is 9.59 Å². The molecule has 0 aliphatic rings. The number of rotatable bonds is 4. The van der Waals surface area contributed by atoms with Gasteiger partial charge in [-0.15, -0.1) is 0 Å². The quantitative estimate of drug-likeness (QED) is 0.925. The number of nitrogens with zero attached hydrogens (tertiary/aromatic N) is 1. The number of benzene rings is 1. The summed E-state index contributed by atoms with van der Waals surface area (Å²) in [6, 6.07) is 5.62. The van der Waals surface area contributed by atoms with Crippen LogP contribution >= 0.6 is 0 Å². The van der Waals surface area contributed by atoms with Crippen molar-refractivity contribution in [3.63, 3.8) is 0 Å². The molecule has 1 aromatic carbocycles. The maximum atomic E-state index is 12.5. The van der Waals surface area contributed by atoms with Crippen LogP contribution in [0.3, 0.4) is 0 Å². The average Bonchev–Trinajstić information content (AvgIpc) is 2.33. The zero-order chi connectivity index (χ0) is 14.9. The van der Waals surface area contributed by atoms with Gasteiger partial charge in [0.25, 0.3) is 5.56 Å². The Morgan fingerprint density at radius 1 is 1.35 bits per heavy atom. The average molecular weight is 272 g/mol. The third kappa shape index (κ3) is 2.74. The fraction of sp³-hybridized carbons (Fsp3) is 0.375. The van der Waals surface area contributed by atoms with Gasteiger partial charge < -0.3 is 10.3 Å². The lowest BCUT2D eigenvalue weighted by atomic mass is 10.00. The fourth-order valence-electron chi connectivity index (χ4n) is 2.59. The molecular weight excluding hydrogens is 252 g/mol. The molecule has 0 aliphatic heterocycles. The smallest absolute Gasteiger partial charge is 0.258 e. The predicted octanol–water partition coefficient (Wildman–Crippen LogP) is 1.99. The lowest BCUT2D eigenvalue weighted by Crippen LogP contribution is -2.24. The van der Waals surface area contributed by atoms with E-state index in [9.17, 15) is 9.59 Å². The highest BCUT2D eigenvalue weighted by Gasteiger charge is 2.12. The topological polar surface area (TPSA) is 65.1 Å². The van der Waals surface area contributed by atoms with Gasteiger partial charge in [0.05, 0.1) is 6.42 Å². The molecule has 0 unspecified atom stereocenters. The third-order valence-electron chi connectivity index (χ3n) is 3.32. The summed E-state index contributed by atoms with van der Waals surface area (Å²) in [4.78, 5) is 23.8. The Kier molecular flexibility index (Phi) is 3.93. The Balaban J connectivity index is 2.77. The van der Waals surface area contributed by atoms with Crippen LogP contribution in [0.25, 0.3) is 10.8 Å². The minimum absolute atomic E-state index is 0.00868. The molecule has 0 bridgehead atoms. The first-order chi connectivity index (χ1) is 9.40. The van der Waals surface area contributed by atoms with Crippen molar-refractivity contribution in [2.45, 2.75) is 33.7 Å². The maximum absolute atomic E-state index is 12.5. The number of carbonyl (C=O) groups is 1. The van der Waals surface area contributed by atoms with Crippen LogP contribution in [0.15, 0.2) is 29.2 Å². The van der Waals surface area contributed by atoms with Crippen LogP contribution in [0, 0.1) is 12.8 Å². The van der Waals surface area contributed by atoms with Gasteiger partial charge in [-0.2, -0.15) is 0 Å². The highest BCUT2D eigenvalue weighted by molar-refractivity contribution is 5.91. The summed E-state index contributed by atoms with van der Waals surface area (Å²) in [7, 11) is 0. The number of amides is 1. The van der Waals surface area contributed by atoms with Gasteiger partial charge in [0.15, 0.2) is 0 Å². The van der Waals surface area contributed by atoms with Crippen LogP contribution in [0.4, 0.5) is 0 Å². The molecule has 0 radical (unpaired) electrons. The predicted molar refractivity (Wildman–Crippen MR) is 80.7 cm³/mol. The van der Waals surface area contributed by atoms with Gasteiger partial charge in [-0.1, -0.05) is 26.0 Å². The largest absolute Gasteiger partial charge is 0.369 e. The zero-order valence-corrected chi connectivity index (χ0v) is 12.1.